The van der Waals surface area contributed by atoms with Crippen LogP contribution in [0.4, 0.5) is 4.79 Å². The Morgan fingerprint density at radius 3 is 2.43 bits per heavy atom. The van der Waals surface area contributed by atoms with E-state index in [-0.39, 0.29) is 6.04 Å². The Hall–Kier alpha value is -2.08. The van der Waals surface area contributed by atoms with E-state index in [1.54, 1.807) is 42.3 Å². The summed E-state index contributed by atoms with van der Waals surface area (Å²) in [5.41, 5.74) is 0.536. The Kier molecular flexibility index (Phi) is 6.68. The fraction of sp³-hybridized carbons (Fsp3) is 0.467. The first kappa shape index (κ1) is 17.0. The average Bonchev–Trinajstić information content (AvgIpc) is 2.46. The van der Waals surface area contributed by atoms with E-state index in [1.165, 1.54) is 0 Å². The first-order valence-electron chi connectivity index (χ1n) is 6.85. The molecule has 2 N–H and O–H groups in total. The summed E-state index contributed by atoms with van der Waals surface area (Å²) >= 11 is 0. The van der Waals surface area contributed by atoms with Gasteiger partial charge in [-0.25, -0.2) is 9.59 Å². The van der Waals surface area contributed by atoms with E-state index in [1.807, 2.05) is 13.8 Å². The second-order valence-corrected chi connectivity index (χ2v) is 4.72. The van der Waals surface area contributed by atoms with Crippen molar-refractivity contribution in [2.75, 3.05) is 20.3 Å². The highest BCUT2D eigenvalue weighted by Crippen LogP contribution is 2.14. The van der Waals surface area contributed by atoms with Crippen LogP contribution in [-0.2, 0) is 9.53 Å². The van der Waals surface area contributed by atoms with Gasteiger partial charge in [0.2, 0.25) is 0 Å². The van der Waals surface area contributed by atoms with Crippen LogP contribution in [0.1, 0.15) is 25.5 Å². The van der Waals surface area contributed by atoms with Crippen LogP contribution < -0.4 is 5.32 Å². The standard InChI is InChI=1S/C15H22N2O4/c1-4-17(11(2)10-21-3)15(20)16-13(14(18)19)12-8-6-5-7-9-12/h5-9,11,13H,4,10H2,1-3H3,(H,16,20)(H,18,19)/t11?,13-/m0/s1. The van der Waals surface area contributed by atoms with Crippen molar-refractivity contribution in [1.29, 1.82) is 0 Å². The van der Waals surface area contributed by atoms with Crippen molar-refractivity contribution in [3.63, 3.8) is 0 Å². The van der Waals surface area contributed by atoms with Gasteiger partial charge in [-0.05, 0) is 19.4 Å². The van der Waals surface area contributed by atoms with Gasteiger partial charge in [0.1, 0.15) is 0 Å². The molecule has 0 bridgehead atoms. The SMILES string of the molecule is CCN(C(=O)N[C@H](C(=O)O)c1ccccc1)C(C)COC. The van der Waals surface area contributed by atoms with E-state index in [4.69, 9.17) is 4.74 Å². The fourth-order valence-corrected chi connectivity index (χ4v) is 2.13. The monoisotopic (exact) mass is 294 g/mol. The molecule has 1 aromatic carbocycles. The van der Waals surface area contributed by atoms with Crippen molar-refractivity contribution in [3.05, 3.63) is 35.9 Å². The summed E-state index contributed by atoms with van der Waals surface area (Å²) in [6.07, 6.45) is 0. The zero-order valence-electron chi connectivity index (χ0n) is 12.6. The van der Waals surface area contributed by atoms with Crippen LogP contribution in [0, 0.1) is 0 Å². The number of aliphatic carboxylic acids is 1. The molecule has 1 unspecified atom stereocenters. The van der Waals surface area contributed by atoms with Gasteiger partial charge in [0, 0.05) is 13.7 Å². The number of carbonyl (C=O) groups is 2. The number of hydrogen-bond donors (Lipinski definition) is 2. The molecule has 0 fully saturated rings. The van der Waals surface area contributed by atoms with Crippen LogP contribution in [0.3, 0.4) is 0 Å². The zero-order chi connectivity index (χ0) is 15.8. The molecule has 6 heteroatoms. The van der Waals surface area contributed by atoms with Gasteiger partial charge < -0.3 is 20.1 Å². The second kappa shape index (κ2) is 8.26. The number of hydrogen-bond acceptors (Lipinski definition) is 3. The summed E-state index contributed by atoms with van der Waals surface area (Å²) in [5, 5.41) is 11.9. The molecule has 1 aromatic rings. The second-order valence-electron chi connectivity index (χ2n) is 4.72. The number of nitrogens with one attached hydrogen (secondary N) is 1. The maximum Gasteiger partial charge on any atom is 0.330 e. The number of methoxy groups -OCH3 is 1. The molecule has 116 valence electrons. The summed E-state index contributed by atoms with van der Waals surface area (Å²) < 4.78 is 5.04. The lowest BCUT2D eigenvalue weighted by molar-refractivity contribution is -0.139. The number of carboxylic acid groups (broad SMARTS) is 1. The molecule has 0 radical (unpaired) electrons. The number of carboxylic acids is 1. The van der Waals surface area contributed by atoms with Crippen LogP contribution >= 0.6 is 0 Å². The van der Waals surface area contributed by atoms with E-state index in [9.17, 15) is 14.7 Å². The third-order valence-electron chi connectivity index (χ3n) is 3.19. The fourth-order valence-electron chi connectivity index (χ4n) is 2.13. The van der Waals surface area contributed by atoms with Crippen LogP contribution in [0.15, 0.2) is 30.3 Å². The van der Waals surface area contributed by atoms with Crippen LogP contribution in [0.25, 0.3) is 0 Å². The summed E-state index contributed by atoms with van der Waals surface area (Å²) in [6.45, 7) is 4.55. The number of carbonyl (C=O) groups excluding carboxylic acids is 1. The highest BCUT2D eigenvalue weighted by molar-refractivity contribution is 5.83. The lowest BCUT2D eigenvalue weighted by atomic mass is 10.1. The molecule has 2 amide bonds. The highest BCUT2D eigenvalue weighted by atomic mass is 16.5. The van der Waals surface area contributed by atoms with E-state index in [0.717, 1.165) is 0 Å². The summed E-state index contributed by atoms with van der Waals surface area (Å²) in [4.78, 5) is 25.2. The highest BCUT2D eigenvalue weighted by Gasteiger charge is 2.26. The molecule has 0 aliphatic heterocycles. The number of urea groups is 1. The summed E-state index contributed by atoms with van der Waals surface area (Å²) in [7, 11) is 1.56. The molecule has 0 aliphatic rings. The maximum atomic E-state index is 12.3. The third-order valence-corrected chi connectivity index (χ3v) is 3.19. The number of rotatable bonds is 7. The van der Waals surface area contributed by atoms with Crippen LogP contribution in [0.2, 0.25) is 0 Å². The Morgan fingerprint density at radius 2 is 1.95 bits per heavy atom. The van der Waals surface area contributed by atoms with Gasteiger partial charge in [-0.2, -0.15) is 0 Å². The molecule has 0 spiro atoms. The average molecular weight is 294 g/mol. The minimum absolute atomic E-state index is 0.134. The molecule has 2 atom stereocenters. The van der Waals surface area contributed by atoms with Gasteiger partial charge in [0.05, 0.1) is 12.6 Å². The molecule has 0 saturated carbocycles. The quantitative estimate of drug-likeness (QED) is 0.804. The van der Waals surface area contributed by atoms with Crippen molar-refractivity contribution in [3.8, 4) is 0 Å². The zero-order valence-corrected chi connectivity index (χ0v) is 12.6. The first-order chi connectivity index (χ1) is 10.0. The largest absolute Gasteiger partial charge is 0.479 e. The summed E-state index contributed by atoms with van der Waals surface area (Å²) in [5.74, 6) is -1.09. The van der Waals surface area contributed by atoms with Gasteiger partial charge >= 0.3 is 12.0 Å². The Balaban J connectivity index is 2.83. The minimum atomic E-state index is -1.09. The molecular weight excluding hydrogens is 272 g/mol. The molecular formula is C15H22N2O4. The smallest absolute Gasteiger partial charge is 0.330 e. The molecule has 0 aliphatic carbocycles. The predicted octanol–water partition coefficient (Wildman–Crippen LogP) is 1.88. The van der Waals surface area contributed by atoms with E-state index in [2.05, 4.69) is 5.32 Å². The normalized spacial score (nSPS) is 13.3. The Morgan fingerprint density at radius 1 is 1.33 bits per heavy atom. The van der Waals surface area contributed by atoms with Crippen molar-refractivity contribution >= 4 is 12.0 Å². The van der Waals surface area contributed by atoms with Crippen molar-refractivity contribution in [1.82, 2.24) is 10.2 Å². The minimum Gasteiger partial charge on any atom is -0.479 e. The number of benzene rings is 1. The van der Waals surface area contributed by atoms with Gasteiger partial charge in [0.15, 0.2) is 6.04 Å². The molecule has 1 rings (SSSR count). The number of ether oxygens (including phenoxy) is 1. The van der Waals surface area contributed by atoms with E-state index < -0.39 is 18.0 Å². The van der Waals surface area contributed by atoms with Crippen LogP contribution in [-0.4, -0.2) is 48.3 Å². The van der Waals surface area contributed by atoms with Gasteiger partial charge in [-0.1, -0.05) is 30.3 Å². The van der Waals surface area contributed by atoms with Gasteiger partial charge in [0.25, 0.3) is 0 Å². The number of nitrogens with zero attached hydrogens (tertiary/aromatic N) is 1. The molecule has 0 heterocycles. The summed E-state index contributed by atoms with van der Waals surface area (Å²) in [6, 6.07) is 7.00. The molecule has 0 saturated heterocycles. The molecule has 6 nitrogen and oxygen atoms in total. The molecule has 0 aromatic heterocycles. The van der Waals surface area contributed by atoms with Crippen molar-refractivity contribution in [2.24, 2.45) is 0 Å². The third kappa shape index (κ3) is 4.75. The lowest BCUT2D eigenvalue weighted by Crippen LogP contribution is -2.48. The van der Waals surface area contributed by atoms with E-state index in [0.29, 0.717) is 18.7 Å². The molecule has 21 heavy (non-hydrogen) atoms. The Bertz CT molecular complexity index is 464. The topological polar surface area (TPSA) is 78.9 Å². The van der Waals surface area contributed by atoms with E-state index >= 15 is 0 Å². The number of likely N-dealkylation sites (N-methyl/N-ethyl adjacent to an activating group) is 1. The van der Waals surface area contributed by atoms with Crippen molar-refractivity contribution in [2.45, 2.75) is 25.9 Å². The maximum absolute atomic E-state index is 12.3. The van der Waals surface area contributed by atoms with Gasteiger partial charge in [-0.15, -0.1) is 0 Å². The first-order valence-corrected chi connectivity index (χ1v) is 6.85. The number of amides is 2. The lowest BCUT2D eigenvalue weighted by Gasteiger charge is -2.29. The van der Waals surface area contributed by atoms with Crippen LogP contribution in [0.5, 0.6) is 0 Å². The Labute approximate surface area is 124 Å². The predicted molar refractivity (Wildman–Crippen MR) is 79.1 cm³/mol. The van der Waals surface area contributed by atoms with Crippen molar-refractivity contribution < 1.29 is 19.4 Å². The van der Waals surface area contributed by atoms with Gasteiger partial charge in [-0.3, -0.25) is 0 Å².